The number of para-hydroxylation sites is 1. The molecule has 3 heteroatoms. The van der Waals surface area contributed by atoms with Gasteiger partial charge in [-0.2, -0.15) is 0 Å². The van der Waals surface area contributed by atoms with E-state index in [-0.39, 0.29) is 0 Å². The predicted molar refractivity (Wildman–Crippen MR) is 78.0 cm³/mol. The van der Waals surface area contributed by atoms with Crippen molar-refractivity contribution < 1.29 is 4.42 Å². The average molecular weight is 258 g/mol. The summed E-state index contributed by atoms with van der Waals surface area (Å²) < 4.78 is 6.04. The summed E-state index contributed by atoms with van der Waals surface area (Å²) in [5.74, 6) is 2.03. The van der Waals surface area contributed by atoms with Crippen LogP contribution in [-0.2, 0) is 13.1 Å². The van der Waals surface area contributed by atoms with Crippen LogP contribution < -0.4 is 5.32 Å². The highest BCUT2D eigenvalue weighted by atomic mass is 16.3. The summed E-state index contributed by atoms with van der Waals surface area (Å²) in [6.07, 6.45) is 2.79. The van der Waals surface area contributed by atoms with Crippen molar-refractivity contribution in [2.24, 2.45) is 5.92 Å². The first kappa shape index (κ1) is 12.7. The Labute approximate surface area is 114 Å². The molecule has 1 heterocycles. The van der Waals surface area contributed by atoms with E-state index in [9.17, 15) is 0 Å². The minimum Gasteiger partial charge on any atom is -0.459 e. The third-order valence-electron chi connectivity index (χ3n) is 3.82. The fourth-order valence-corrected chi connectivity index (χ4v) is 2.70. The van der Waals surface area contributed by atoms with Crippen molar-refractivity contribution >= 4 is 11.0 Å². The van der Waals surface area contributed by atoms with Crippen molar-refractivity contribution in [1.29, 1.82) is 0 Å². The lowest BCUT2D eigenvalue weighted by molar-refractivity contribution is 0.286. The van der Waals surface area contributed by atoms with E-state index >= 15 is 0 Å². The third kappa shape index (κ3) is 2.82. The second kappa shape index (κ2) is 5.35. The first-order chi connectivity index (χ1) is 9.28. The molecule has 0 unspecified atom stereocenters. The van der Waals surface area contributed by atoms with Crippen LogP contribution in [0.2, 0.25) is 0 Å². The summed E-state index contributed by atoms with van der Waals surface area (Å²) in [7, 11) is 4.17. The van der Waals surface area contributed by atoms with Gasteiger partial charge in [0.15, 0.2) is 0 Å². The fourth-order valence-electron chi connectivity index (χ4n) is 2.70. The molecule has 0 saturated heterocycles. The van der Waals surface area contributed by atoms with Gasteiger partial charge >= 0.3 is 0 Å². The Hall–Kier alpha value is -1.32. The molecular weight excluding hydrogens is 236 g/mol. The second-order valence-electron chi connectivity index (χ2n) is 5.67. The number of furan rings is 1. The number of fused-ring (bicyclic) bond motifs is 1. The van der Waals surface area contributed by atoms with Gasteiger partial charge in [-0.15, -0.1) is 0 Å². The second-order valence-corrected chi connectivity index (χ2v) is 5.67. The van der Waals surface area contributed by atoms with Gasteiger partial charge < -0.3 is 9.73 Å². The van der Waals surface area contributed by atoms with Gasteiger partial charge in [-0.25, -0.2) is 0 Å². The lowest BCUT2D eigenvalue weighted by Crippen LogP contribution is -2.21. The molecule has 1 aromatic heterocycles. The maximum atomic E-state index is 6.04. The summed E-state index contributed by atoms with van der Waals surface area (Å²) in [6, 6.07) is 8.32. The molecule has 1 aromatic carbocycles. The fraction of sp³-hybridized carbons (Fsp3) is 0.500. The highest BCUT2D eigenvalue weighted by Gasteiger charge is 2.24. The zero-order valence-electron chi connectivity index (χ0n) is 11.8. The van der Waals surface area contributed by atoms with Crippen molar-refractivity contribution in [3.63, 3.8) is 0 Å². The zero-order chi connectivity index (χ0) is 13.2. The Morgan fingerprint density at radius 2 is 2.11 bits per heavy atom. The van der Waals surface area contributed by atoms with Gasteiger partial charge in [-0.1, -0.05) is 18.2 Å². The molecule has 0 bridgehead atoms. The highest BCUT2D eigenvalue weighted by molar-refractivity contribution is 5.82. The lowest BCUT2D eigenvalue weighted by Gasteiger charge is -2.15. The summed E-state index contributed by atoms with van der Waals surface area (Å²) in [4.78, 5) is 2.38. The largest absolute Gasteiger partial charge is 0.459 e. The molecule has 1 fully saturated rings. The van der Waals surface area contributed by atoms with Crippen LogP contribution in [0.3, 0.4) is 0 Å². The Kier molecular flexibility index (Phi) is 3.58. The molecule has 0 radical (unpaired) electrons. The van der Waals surface area contributed by atoms with Crippen molar-refractivity contribution in [2.75, 3.05) is 20.6 Å². The minimum absolute atomic E-state index is 0.865. The van der Waals surface area contributed by atoms with Gasteiger partial charge in [0.1, 0.15) is 11.3 Å². The van der Waals surface area contributed by atoms with Gasteiger partial charge in [0.2, 0.25) is 0 Å². The van der Waals surface area contributed by atoms with Crippen LogP contribution in [0.15, 0.2) is 28.7 Å². The van der Waals surface area contributed by atoms with E-state index in [1.54, 1.807) is 0 Å². The first-order valence-corrected chi connectivity index (χ1v) is 7.10. The van der Waals surface area contributed by atoms with E-state index in [2.05, 4.69) is 35.5 Å². The van der Waals surface area contributed by atoms with E-state index in [1.807, 2.05) is 13.1 Å². The number of benzene rings is 1. The van der Waals surface area contributed by atoms with Crippen molar-refractivity contribution in [3.8, 4) is 0 Å². The normalized spacial score (nSPS) is 15.5. The van der Waals surface area contributed by atoms with Crippen LogP contribution in [0.4, 0.5) is 0 Å². The molecule has 102 valence electrons. The van der Waals surface area contributed by atoms with Gasteiger partial charge in [-0.05, 0) is 38.9 Å². The van der Waals surface area contributed by atoms with Crippen molar-refractivity contribution in [1.82, 2.24) is 10.2 Å². The van der Waals surface area contributed by atoms with E-state index < -0.39 is 0 Å². The van der Waals surface area contributed by atoms with Gasteiger partial charge in [0.25, 0.3) is 0 Å². The molecular formula is C16H22N2O. The third-order valence-corrected chi connectivity index (χ3v) is 3.82. The zero-order valence-corrected chi connectivity index (χ0v) is 11.8. The molecule has 1 aliphatic rings. The average Bonchev–Trinajstić information content (AvgIpc) is 3.14. The van der Waals surface area contributed by atoms with E-state index in [0.717, 1.165) is 30.4 Å². The first-order valence-electron chi connectivity index (χ1n) is 7.10. The van der Waals surface area contributed by atoms with E-state index in [0.29, 0.717) is 0 Å². The Morgan fingerprint density at radius 1 is 1.32 bits per heavy atom. The van der Waals surface area contributed by atoms with E-state index in [1.165, 1.54) is 30.3 Å². The number of nitrogens with one attached hydrogen (secondary N) is 1. The van der Waals surface area contributed by atoms with Crippen LogP contribution in [-0.4, -0.2) is 25.5 Å². The molecule has 2 aromatic rings. The quantitative estimate of drug-likeness (QED) is 0.863. The standard InChI is InChI=1S/C16H22N2O/c1-17-9-14-13-5-3-4-6-15(13)19-16(14)11-18(2)10-12-7-8-12/h3-6,12,17H,7-11H2,1-2H3. The van der Waals surface area contributed by atoms with Crippen LogP contribution >= 0.6 is 0 Å². The predicted octanol–water partition coefficient (Wildman–Crippen LogP) is 2.99. The Morgan fingerprint density at radius 3 is 2.84 bits per heavy atom. The van der Waals surface area contributed by atoms with Gasteiger partial charge in [0, 0.05) is 24.0 Å². The molecule has 0 spiro atoms. The lowest BCUT2D eigenvalue weighted by atomic mass is 10.1. The molecule has 3 rings (SSSR count). The molecule has 0 atom stereocenters. The van der Waals surface area contributed by atoms with E-state index in [4.69, 9.17) is 4.42 Å². The minimum atomic E-state index is 0.865. The Balaban J connectivity index is 1.85. The van der Waals surface area contributed by atoms with Crippen molar-refractivity contribution in [3.05, 3.63) is 35.6 Å². The van der Waals surface area contributed by atoms with Crippen LogP contribution in [0.1, 0.15) is 24.2 Å². The number of nitrogens with zero attached hydrogens (tertiary/aromatic N) is 1. The molecule has 1 N–H and O–H groups in total. The SMILES string of the molecule is CNCc1c(CN(C)CC2CC2)oc2ccccc12. The molecule has 0 amide bonds. The molecule has 19 heavy (non-hydrogen) atoms. The Bertz CT molecular complexity index is 557. The highest BCUT2D eigenvalue weighted by Crippen LogP contribution is 2.31. The van der Waals surface area contributed by atoms with Crippen molar-refractivity contribution in [2.45, 2.75) is 25.9 Å². The molecule has 1 aliphatic carbocycles. The summed E-state index contributed by atoms with van der Waals surface area (Å²) in [5, 5.41) is 4.49. The topological polar surface area (TPSA) is 28.4 Å². The molecule has 3 nitrogen and oxygen atoms in total. The summed E-state index contributed by atoms with van der Waals surface area (Å²) >= 11 is 0. The van der Waals surface area contributed by atoms with Crippen LogP contribution in [0.25, 0.3) is 11.0 Å². The number of hydrogen-bond donors (Lipinski definition) is 1. The maximum absolute atomic E-state index is 6.04. The smallest absolute Gasteiger partial charge is 0.134 e. The number of rotatable bonds is 6. The summed E-state index contributed by atoms with van der Waals surface area (Å²) in [6.45, 7) is 2.96. The van der Waals surface area contributed by atoms with Crippen LogP contribution in [0, 0.1) is 5.92 Å². The molecule has 1 saturated carbocycles. The number of hydrogen-bond acceptors (Lipinski definition) is 3. The van der Waals surface area contributed by atoms with Gasteiger partial charge in [-0.3, -0.25) is 4.90 Å². The monoisotopic (exact) mass is 258 g/mol. The van der Waals surface area contributed by atoms with Crippen LogP contribution in [0.5, 0.6) is 0 Å². The molecule has 0 aliphatic heterocycles. The van der Waals surface area contributed by atoms with Gasteiger partial charge in [0.05, 0.1) is 6.54 Å². The summed E-state index contributed by atoms with van der Waals surface area (Å²) in [5.41, 5.74) is 2.31. The maximum Gasteiger partial charge on any atom is 0.134 e.